The van der Waals surface area contributed by atoms with E-state index in [2.05, 4.69) is 15.5 Å². The Kier molecular flexibility index (Phi) is 5.31. The molecule has 1 aliphatic heterocycles. The first-order valence-electron chi connectivity index (χ1n) is 6.72. The van der Waals surface area contributed by atoms with Gasteiger partial charge in [-0.2, -0.15) is 0 Å². The molecule has 0 bridgehead atoms. The quantitative estimate of drug-likeness (QED) is 0.863. The highest BCUT2D eigenvalue weighted by Crippen LogP contribution is 2.10. The molecule has 1 aromatic carbocycles. The number of anilines is 1. The zero-order chi connectivity index (χ0) is 14.4. The monoisotopic (exact) mass is 281 g/mol. The maximum absolute atomic E-state index is 12.8. The highest BCUT2D eigenvalue weighted by atomic mass is 19.1. The molecule has 2 N–H and O–H groups in total. The van der Waals surface area contributed by atoms with E-state index in [0.29, 0.717) is 12.3 Å². The zero-order valence-electron chi connectivity index (χ0n) is 11.6. The van der Waals surface area contributed by atoms with Crippen molar-refractivity contribution < 1.29 is 13.9 Å². The van der Waals surface area contributed by atoms with Crippen LogP contribution < -0.4 is 10.6 Å². The van der Waals surface area contributed by atoms with Crippen LogP contribution in [0.15, 0.2) is 24.3 Å². The normalized spacial score (nSPS) is 19.0. The first kappa shape index (κ1) is 14.7. The number of urea groups is 1. The number of carbonyl (C=O) groups excluding carboxylic acids is 1. The van der Waals surface area contributed by atoms with Gasteiger partial charge in [0.2, 0.25) is 0 Å². The van der Waals surface area contributed by atoms with E-state index in [0.717, 1.165) is 26.1 Å². The molecule has 20 heavy (non-hydrogen) atoms. The van der Waals surface area contributed by atoms with Crippen molar-refractivity contribution in [1.82, 2.24) is 10.2 Å². The van der Waals surface area contributed by atoms with Gasteiger partial charge in [-0.1, -0.05) is 0 Å². The Hall–Kier alpha value is -1.66. The van der Waals surface area contributed by atoms with E-state index in [1.165, 1.54) is 24.3 Å². The van der Waals surface area contributed by atoms with Gasteiger partial charge in [-0.05, 0) is 30.7 Å². The maximum Gasteiger partial charge on any atom is 0.319 e. The van der Waals surface area contributed by atoms with Crippen molar-refractivity contribution in [2.45, 2.75) is 12.5 Å². The Bertz CT molecular complexity index is 439. The zero-order valence-corrected chi connectivity index (χ0v) is 11.6. The number of carbonyl (C=O) groups is 1. The lowest BCUT2D eigenvalue weighted by molar-refractivity contribution is 0.160. The molecular weight excluding hydrogens is 261 g/mol. The fourth-order valence-corrected chi connectivity index (χ4v) is 2.26. The highest BCUT2D eigenvalue weighted by Gasteiger charge is 2.23. The number of hydrogen-bond acceptors (Lipinski definition) is 3. The van der Waals surface area contributed by atoms with E-state index < -0.39 is 0 Å². The van der Waals surface area contributed by atoms with Gasteiger partial charge < -0.3 is 15.4 Å². The third kappa shape index (κ3) is 4.47. The van der Waals surface area contributed by atoms with Crippen LogP contribution in [0, 0.1) is 5.82 Å². The van der Waals surface area contributed by atoms with Crippen molar-refractivity contribution in [3.63, 3.8) is 0 Å². The lowest BCUT2D eigenvalue weighted by Crippen LogP contribution is -2.40. The number of nitrogens with zero attached hydrogens (tertiary/aromatic N) is 1. The molecule has 1 aliphatic rings. The molecule has 110 valence electrons. The smallest absolute Gasteiger partial charge is 0.319 e. The number of nitrogens with one attached hydrogen (secondary N) is 2. The molecule has 1 fully saturated rings. The van der Waals surface area contributed by atoms with E-state index in [9.17, 15) is 9.18 Å². The van der Waals surface area contributed by atoms with Crippen LogP contribution in [0.4, 0.5) is 14.9 Å². The summed E-state index contributed by atoms with van der Waals surface area (Å²) in [4.78, 5) is 14.1. The van der Waals surface area contributed by atoms with Gasteiger partial charge in [0.1, 0.15) is 5.82 Å². The Morgan fingerprint density at radius 2 is 2.20 bits per heavy atom. The van der Waals surface area contributed by atoms with Gasteiger partial charge in [0.25, 0.3) is 0 Å². The van der Waals surface area contributed by atoms with Crippen LogP contribution in [0.25, 0.3) is 0 Å². The fraction of sp³-hybridized carbons (Fsp3) is 0.500. The number of rotatable bonds is 5. The van der Waals surface area contributed by atoms with Crippen molar-refractivity contribution in [3.05, 3.63) is 30.1 Å². The van der Waals surface area contributed by atoms with Gasteiger partial charge in [0, 0.05) is 38.5 Å². The number of benzene rings is 1. The molecule has 2 rings (SSSR count). The summed E-state index contributed by atoms with van der Waals surface area (Å²) in [5, 5.41) is 5.62. The molecule has 0 aromatic heterocycles. The summed E-state index contributed by atoms with van der Waals surface area (Å²) < 4.78 is 17.8. The third-order valence-electron chi connectivity index (χ3n) is 3.32. The van der Waals surface area contributed by atoms with Gasteiger partial charge in [0.15, 0.2) is 0 Å². The molecule has 1 heterocycles. The van der Waals surface area contributed by atoms with Gasteiger partial charge in [-0.25, -0.2) is 9.18 Å². The maximum atomic E-state index is 12.8. The SMILES string of the molecule is COCCN1CC[C@@H](NC(=O)Nc2ccc(F)cc2)C1. The fourth-order valence-electron chi connectivity index (χ4n) is 2.26. The Morgan fingerprint density at radius 1 is 1.45 bits per heavy atom. The van der Waals surface area contributed by atoms with E-state index in [4.69, 9.17) is 4.74 Å². The first-order chi connectivity index (χ1) is 9.67. The van der Waals surface area contributed by atoms with Crippen molar-refractivity contribution in [1.29, 1.82) is 0 Å². The Labute approximate surface area is 118 Å². The summed E-state index contributed by atoms with van der Waals surface area (Å²) in [5.41, 5.74) is 0.582. The van der Waals surface area contributed by atoms with Crippen molar-refractivity contribution in [2.75, 3.05) is 38.7 Å². The summed E-state index contributed by atoms with van der Waals surface area (Å²) in [5.74, 6) is -0.319. The van der Waals surface area contributed by atoms with Crippen molar-refractivity contribution in [3.8, 4) is 0 Å². The number of ether oxygens (including phenoxy) is 1. The predicted octanol–water partition coefficient (Wildman–Crippen LogP) is 1.67. The van der Waals surface area contributed by atoms with Crippen molar-refractivity contribution >= 4 is 11.7 Å². The van der Waals surface area contributed by atoms with Gasteiger partial charge in [-0.3, -0.25) is 4.90 Å². The van der Waals surface area contributed by atoms with Crippen LogP contribution in [0.3, 0.4) is 0 Å². The molecule has 1 saturated heterocycles. The number of hydrogen-bond donors (Lipinski definition) is 2. The number of halogens is 1. The van der Waals surface area contributed by atoms with Gasteiger partial charge in [-0.15, -0.1) is 0 Å². The Balaban J connectivity index is 1.74. The topological polar surface area (TPSA) is 53.6 Å². The Morgan fingerprint density at radius 3 is 2.90 bits per heavy atom. The average Bonchev–Trinajstić information content (AvgIpc) is 2.86. The number of likely N-dealkylation sites (tertiary alicyclic amines) is 1. The molecular formula is C14H20FN3O2. The van der Waals surface area contributed by atoms with E-state index in [-0.39, 0.29) is 17.9 Å². The van der Waals surface area contributed by atoms with Crippen LogP contribution in [0.2, 0.25) is 0 Å². The minimum absolute atomic E-state index is 0.146. The molecule has 0 aliphatic carbocycles. The number of methoxy groups -OCH3 is 1. The summed E-state index contributed by atoms with van der Waals surface area (Å²) in [6.45, 7) is 3.38. The van der Waals surface area contributed by atoms with Crippen LogP contribution >= 0.6 is 0 Å². The predicted molar refractivity (Wildman–Crippen MR) is 75.3 cm³/mol. The average molecular weight is 281 g/mol. The molecule has 6 heteroatoms. The van der Waals surface area contributed by atoms with Crippen LogP contribution in [-0.2, 0) is 4.74 Å². The van der Waals surface area contributed by atoms with Crippen LogP contribution in [0.1, 0.15) is 6.42 Å². The molecule has 1 aromatic rings. The second-order valence-corrected chi connectivity index (χ2v) is 4.88. The summed E-state index contributed by atoms with van der Waals surface area (Å²) >= 11 is 0. The molecule has 0 spiro atoms. The highest BCUT2D eigenvalue weighted by molar-refractivity contribution is 5.89. The minimum atomic E-state index is -0.319. The number of amides is 2. The first-order valence-corrected chi connectivity index (χ1v) is 6.72. The second kappa shape index (κ2) is 7.21. The molecule has 5 nitrogen and oxygen atoms in total. The van der Waals surface area contributed by atoms with Gasteiger partial charge >= 0.3 is 6.03 Å². The van der Waals surface area contributed by atoms with E-state index >= 15 is 0 Å². The van der Waals surface area contributed by atoms with Gasteiger partial charge in [0.05, 0.1) is 6.61 Å². The van der Waals surface area contributed by atoms with E-state index in [1.54, 1.807) is 7.11 Å². The molecule has 1 atom stereocenters. The van der Waals surface area contributed by atoms with E-state index in [1.807, 2.05) is 0 Å². The molecule has 0 radical (unpaired) electrons. The minimum Gasteiger partial charge on any atom is -0.383 e. The summed E-state index contributed by atoms with van der Waals surface area (Å²) in [6, 6.07) is 5.60. The molecule has 0 saturated carbocycles. The largest absolute Gasteiger partial charge is 0.383 e. The lowest BCUT2D eigenvalue weighted by Gasteiger charge is -2.16. The standard InChI is InChI=1S/C14H20FN3O2/c1-20-9-8-18-7-6-13(10-18)17-14(19)16-12-4-2-11(15)3-5-12/h2-5,13H,6-10H2,1H3,(H2,16,17,19)/t13-/m1/s1. The lowest BCUT2D eigenvalue weighted by atomic mass is 10.3. The second-order valence-electron chi connectivity index (χ2n) is 4.88. The third-order valence-corrected chi connectivity index (χ3v) is 3.32. The van der Waals surface area contributed by atoms with Crippen LogP contribution in [0.5, 0.6) is 0 Å². The summed E-state index contributed by atoms with van der Waals surface area (Å²) in [6.07, 6.45) is 0.931. The molecule has 0 unspecified atom stereocenters. The van der Waals surface area contributed by atoms with Crippen molar-refractivity contribution in [2.24, 2.45) is 0 Å². The summed E-state index contributed by atoms with van der Waals surface area (Å²) in [7, 11) is 1.68. The molecule has 2 amide bonds. The van der Waals surface area contributed by atoms with Crippen LogP contribution in [-0.4, -0.2) is 50.3 Å².